The Bertz CT molecular complexity index is 570. The van der Waals surface area contributed by atoms with E-state index in [4.69, 9.17) is 9.26 Å². The van der Waals surface area contributed by atoms with Gasteiger partial charge in [-0.2, -0.15) is 0 Å². The summed E-state index contributed by atoms with van der Waals surface area (Å²) in [6, 6.07) is 1.76. The van der Waals surface area contributed by atoms with Crippen LogP contribution in [0.15, 0.2) is 10.6 Å². The van der Waals surface area contributed by atoms with Gasteiger partial charge in [-0.1, -0.05) is 5.16 Å². The highest BCUT2D eigenvalue weighted by atomic mass is 16.6. The topological polar surface area (TPSA) is 75.9 Å². The maximum atomic E-state index is 12.4. The number of aryl methyl sites for hydroxylation is 1. The van der Waals surface area contributed by atoms with Gasteiger partial charge in [-0.15, -0.1) is 0 Å². The second-order valence-corrected chi connectivity index (χ2v) is 5.94. The van der Waals surface area contributed by atoms with Gasteiger partial charge in [0, 0.05) is 19.7 Å². The molecule has 0 aromatic carbocycles. The second-order valence-electron chi connectivity index (χ2n) is 5.94. The zero-order chi connectivity index (χ0) is 15.0. The van der Waals surface area contributed by atoms with E-state index in [0.717, 1.165) is 18.5 Å². The van der Waals surface area contributed by atoms with Gasteiger partial charge in [0.05, 0.1) is 25.2 Å². The summed E-state index contributed by atoms with van der Waals surface area (Å²) in [4.78, 5) is 27.3. The molecule has 114 valence electrons. The molecule has 2 aliphatic heterocycles. The minimum absolute atomic E-state index is 0.0178. The van der Waals surface area contributed by atoms with Gasteiger partial charge in [0.25, 0.3) is 0 Å². The summed E-state index contributed by atoms with van der Waals surface area (Å²) in [7, 11) is 1.72. The molecule has 0 bridgehead atoms. The van der Waals surface area contributed by atoms with Gasteiger partial charge >= 0.3 is 6.09 Å². The monoisotopic (exact) mass is 293 g/mol. The molecule has 0 saturated carbocycles. The highest BCUT2D eigenvalue weighted by molar-refractivity contribution is 5.78. The molecule has 1 atom stereocenters. The standard InChI is InChI=1S/C14H19N3O4/c1-10-6-11(21-15-10)7-12(18)17-5-3-4-14(9-17)8-16(2)13(19)20-14/h6H,3-5,7-9H2,1-2H3. The van der Waals surface area contributed by atoms with E-state index in [1.54, 1.807) is 22.9 Å². The fraction of sp³-hybridized carbons (Fsp3) is 0.643. The van der Waals surface area contributed by atoms with Crippen LogP contribution in [0.5, 0.6) is 0 Å². The number of nitrogens with zero attached hydrogens (tertiary/aromatic N) is 3. The summed E-state index contributed by atoms with van der Waals surface area (Å²) >= 11 is 0. The molecule has 1 unspecified atom stereocenters. The lowest BCUT2D eigenvalue weighted by Gasteiger charge is -2.38. The van der Waals surface area contributed by atoms with Crippen LogP contribution in [-0.2, 0) is 16.0 Å². The van der Waals surface area contributed by atoms with E-state index < -0.39 is 5.60 Å². The highest BCUT2D eigenvalue weighted by Gasteiger charge is 2.47. The van der Waals surface area contributed by atoms with Gasteiger partial charge in [0.2, 0.25) is 5.91 Å². The molecule has 3 heterocycles. The van der Waals surface area contributed by atoms with Crippen molar-refractivity contribution in [3.05, 3.63) is 17.5 Å². The molecule has 2 amide bonds. The average Bonchev–Trinajstić information content (AvgIpc) is 2.94. The molecule has 2 aliphatic rings. The fourth-order valence-electron chi connectivity index (χ4n) is 3.08. The Morgan fingerprint density at radius 1 is 1.48 bits per heavy atom. The molecule has 21 heavy (non-hydrogen) atoms. The summed E-state index contributed by atoms with van der Waals surface area (Å²) in [6.45, 7) is 3.50. The summed E-state index contributed by atoms with van der Waals surface area (Å²) in [6.07, 6.45) is 1.52. The first-order valence-corrected chi connectivity index (χ1v) is 7.12. The van der Waals surface area contributed by atoms with E-state index >= 15 is 0 Å². The number of aromatic nitrogens is 1. The van der Waals surface area contributed by atoms with Crippen molar-refractivity contribution in [2.75, 3.05) is 26.7 Å². The van der Waals surface area contributed by atoms with Crippen molar-refractivity contribution >= 4 is 12.0 Å². The van der Waals surface area contributed by atoms with Crippen LogP contribution < -0.4 is 0 Å². The lowest BCUT2D eigenvalue weighted by atomic mass is 9.92. The Balaban J connectivity index is 1.66. The van der Waals surface area contributed by atoms with Crippen molar-refractivity contribution in [1.29, 1.82) is 0 Å². The predicted molar refractivity (Wildman–Crippen MR) is 72.6 cm³/mol. The first-order valence-electron chi connectivity index (χ1n) is 7.12. The van der Waals surface area contributed by atoms with Crippen molar-refractivity contribution in [3.8, 4) is 0 Å². The number of likely N-dealkylation sites (tertiary alicyclic amines) is 1. The van der Waals surface area contributed by atoms with Gasteiger partial charge in [0.1, 0.15) is 11.4 Å². The third-order valence-electron chi connectivity index (χ3n) is 4.04. The lowest BCUT2D eigenvalue weighted by molar-refractivity contribution is -0.136. The number of likely N-dealkylation sites (N-methyl/N-ethyl adjacent to an activating group) is 1. The number of rotatable bonds is 2. The zero-order valence-corrected chi connectivity index (χ0v) is 12.3. The third-order valence-corrected chi connectivity index (χ3v) is 4.04. The molecule has 2 fully saturated rings. The molecular formula is C14H19N3O4. The van der Waals surface area contributed by atoms with Crippen molar-refractivity contribution in [2.24, 2.45) is 0 Å². The summed E-state index contributed by atoms with van der Waals surface area (Å²) in [5.41, 5.74) is 0.219. The van der Waals surface area contributed by atoms with Gasteiger partial charge < -0.3 is 19.1 Å². The van der Waals surface area contributed by atoms with Crippen molar-refractivity contribution in [1.82, 2.24) is 15.0 Å². The number of hydrogen-bond donors (Lipinski definition) is 0. The van der Waals surface area contributed by atoms with E-state index in [1.165, 1.54) is 0 Å². The number of amides is 2. The van der Waals surface area contributed by atoms with Crippen molar-refractivity contribution in [3.63, 3.8) is 0 Å². The molecule has 0 N–H and O–H groups in total. The van der Waals surface area contributed by atoms with Crippen LogP contribution in [0.3, 0.4) is 0 Å². The fourth-order valence-corrected chi connectivity index (χ4v) is 3.08. The highest BCUT2D eigenvalue weighted by Crippen LogP contribution is 2.31. The zero-order valence-electron chi connectivity index (χ0n) is 12.3. The maximum Gasteiger partial charge on any atom is 0.410 e. The summed E-state index contributed by atoms with van der Waals surface area (Å²) in [5.74, 6) is 0.550. The Morgan fingerprint density at radius 3 is 2.90 bits per heavy atom. The van der Waals surface area contributed by atoms with E-state index in [1.807, 2.05) is 6.92 Å². The largest absolute Gasteiger partial charge is 0.439 e. The Morgan fingerprint density at radius 2 is 2.29 bits per heavy atom. The molecule has 2 saturated heterocycles. The first-order chi connectivity index (χ1) is 9.97. The smallest absolute Gasteiger partial charge is 0.410 e. The molecule has 1 aromatic heterocycles. The van der Waals surface area contributed by atoms with Crippen LogP contribution >= 0.6 is 0 Å². The first kappa shape index (κ1) is 13.9. The predicted octanol–water partition coefficient (Wildman–Crippen LogP) is 0.969. The molecule has 7 nitrogen and oxygen atoms in total. The normalized spacial score (nSPS) is 25.5. The van der Waals surface area contributed by atoms with Gasteiger partial charge in [0.15, 0.2) is 0 Å². The minimum atomic E-state index is -0.545. The van der Waals surface area contributed by atoms with E-state index in [0.29, 0.717) is 25.4 Å². The summed E-state index contributed by atoms with van der Waals surface area (Å²) in [5, 5.41) is 3.78. The number of carbonyl (C=O) groups excluding carboxylic acids is 2. The molecule has 0 aliphatic carbocycles. The van der Waals surface area contributed by atoms with Crippen LogP contribution in [0.4, 0.5) is 4.79 Å². The van der Waals surface area contributed by atoms with Crippen LogP contribution in [-0.4, -0.2) is 59.2 Å². The summed E-state index contributed by atoms with van der Waals surface area (Å²) < 4.78 is 10.6. The minimum Gasteiger partial charge on any atom is -0.439 e. The van der Waals surface area contributed by atoms with Gasteiger partial charge in [-0.05, 0) is 19.8 Å². The molecule has 1 spiro atoms. The second kappa shape index (κ2) is 5.05. The van der Waals surface area contributed by atoms with Gasteiger partial charge in [-0.25, -0.2) is 4.79 Å². The molecular weight excluding hydrogens is 274 g/mol. The quantitative estimate of drug-likeness (QED) is 0.812. The average molecular weight is 293 g/mol. The Kier molecular flexibility index (Phi) is 3.35. The van der Waals surface area contributed by atoms with Gasteiger partial charge in [-0.3, -0.25) is 4.79 Å². The Hall–Kier alpha value is -2.05. The number of carbonyl (C=O) groups is 2. The van der Waals surface area contributed by atoms with Crippen LogP contribution in [0.25, 0.3) is 0 Å². The number of hydrogen-bond acceptors (Lipinski definition) is 5. The number of piperidine rings is 1. The third kappa shape index (κ3) is 2.72. The molecule has 7 heteroatoms. The van der Waals surface area contributed by atoms with E-state index in [2.05, 4.69) is 5.16 Å². The van der Waals surface area contributed by atoms with Crippen LogP contribution in [0, 0.1) is 6.92 Å². The molecule has 3 rings (SSSR count). The van der Waals surface area contributed by atoms with Crippen molar-refractivity contribution in [2.45, 2.75) is 31.8 Å². The van der Waals surface area contributed by atoms with E-state index in [9.17, 15) is 9.59 Å². The van der Waals surface area contributed by atoms with Crippen LogP contribution in [0.1, 0.15) is 24.3 Å². The van der Waals surface area contributed by atoms with E-state index in [-0.39, 0.29) is 18.4 Å². The number of ether oxygens (including phenoxy) is 1. The molecule has 0 radical (unpaired) electrons. The lowest BCUT2D eigenvalue weighted by Crippen LogP contribution is -2.52. The SMILES string of the molecule is Cc1cc(CC(=O)N2CCCC3(CN(C)C(=O)O3)C2)on1. The van der Waals surface area contributed by atoms with Crippen molar-refractivity contribution < 1.29 is 18.8 Å². The molecule has 1 aromatic rings. The Labute approximate surface area is 122 Å². The maximum absolute atomic E-state index is 12.4. The van der Waals surface area contributed by atoms with Crippen LogP contribution in [0.2, 0.25) is 0 Å².